The van der Waals surface area contributed by atoms with E-state index in [1.165, 1.54) is 6.42 Å². The van der Waals surface area contributed by atoms with Crippen LogP contribution in [0.1, 0.15) is 40.0 Å². The number of hydrogen-bond donors (Lipinski definition) is 1. The summed E-state index contributed by atoms with van der Waals surface area (Å²) in [5, 5.41) is 9.38. The maximum absolute atomic E-state index is 12.0. The number of hydrogen-bond acceptors (Lipinski definition) is 3. The molecule has 4 heteroatoms. The molecule has 2 rings (SSSR count). The molecule has 0 aromatic heterocycles. The van der Waals surface area contributed by atoms with Crippen molar-refractivity contribution in [3.8, 4) is 0 Å². The standard InChI is InChI=1S/C14H25NO3/c1-14(2,3)18-13(17)15-7-6-10-4-5-11(9-16)12(10)8-15/h10-12,16H,4-9H2,1-3H3/t10-,11-,12+/m1/s1. The van der Waals surface area contributed by atoms with Crippen molar-refractivity contribution in [3.63, 3.8) is 0 Å². The summed E-state index contributed by atoms with van der Waals surface area (Å²) in [6, 6.07) is 0. The van der Waals surface area contributed by atoms with Crippen molar-refractivity contribution in [1.82, 2.24) is 4.90 Å². The van der Waals surface area contributed by atoms with Crippen molar-refractivity contribution in [2.24, 2.45) is 17.8 Å². The molecular weight excluding hydrogens is 230 g/mol. The molecule has 0 unspecified atom stereocenters. The Morgan fingerprint density at radius 3 is 2.67 bits per heavy atom. The topological polar surface area (TPSA) is 49.8 Å². The smallest absolute Gasteiger partial charge is 0.410 e. The number of aliphatic hydroxyl groups excluding tert-OH is 1. The van der Waals surface area contributed by atoms with Gasteiger partial charge in [0.1, 0.15) is 5.60 Å². The summed E-state index contributed by atoms with van der Waals surface area (Å²) in [5.74, 6) is 1.54. The fourth-order valence-electron chi connectivity index (χ4n) is 3.28. The van der Waals surface area contributed by atoms with Crippen LogP contribution in [-0.2, 0) is 4.74 Å². The Balaban J connectivity index is 1.94. The van der Waals surface area contributed by atoms with Crippen LogP contribution in [0.4, 0.5) is 4.79 Å². The van der Waals surface area contributed by atoms with E-state index in [9.17, 15) is 9.90 Å². The number of carbonyl (C=O) groups is 1. The highest BCUT2D eigenvalue weighted by Gasteiger charge is 2.41. The van der Waals surface area contributed by atoms with Crippen LogP contribution in [0.3, 0.4) is 0 Å². The lowest BCUT2D eigenvalue weighted by Gasteiger charge is -2.37. The molecule has 2 fully saturated rings. The minimum absolute atomic E-state index is 0.204. The van der Waals surface area contributed by atoms with Gasteiger partial charge in [0, 0.05) is 19.7 Å². The van der Waals surface area contributed by atoms with Gasteiger partial charge in [0.2, 0.25) is 0 Å². The van der Waals surface area contributed by atoms with Gasteiger partial charge >= 0.3 is 6.09 Å². The number of aliphatic hydroxyl groups is 1. The molecule has 18 heavy (non-hydrogen) atoms. The first kappa shape index (κ1) is 13.7. The van der Waals surface area contributed by atoms with E-state index in [-0.39, 0.29) is 12.7 Å². The van der Waals surface area contributed by atoms with Gasteiger partial charge in [-0.15, -0.1) is 0 Å². The van der Waals surface area contributed by atoms with Crippen LogP contribution in [0, 0.1) is 17.8 Å². The summed E-state index contributed by atoms with van der Waals surface area (Å²) >= 11 is 0. The van der Waals surface area contributed by atoms with Gasteiger partial charge in [-0.2, -0.15) is 0 Å². The quantitative estimate of drug-likeness (QED) is 0.782. The molecule has 1 aliphatic carbocycles. The molecule has 1 saturated carbocycles. The molecule has 0 radical (unpaired) electrons. The van der Waals surface area contributed by atoms with Gasteiger partial charge in [-0.25, -0.2) is 4.79 Å². The molecule has 2 aliphatic rings. The zero-order chi connectivity index (χ0) is 13.3. The lowest BCUT2D eigenvalue weighted by atomic mass is 9.84. The van der Waals surface area contributed by atoms with E-state index in [2.05, 4.69) is 0 Å². The van der Waals surface area contributed by atoms with Crippen LogP contribution in [0.5, 0.6) is 0 Å². The molecule has 3 atom stereocenters. The third-order valence-corrected chi connectivity index (χ3v) is 4.21. The Morgan fingerprint density at radius 2 is 2.06 bits per heavy atom. The lowest BCUT2D eigenvalue weighted by Crippen LogP contribution is -2.46. The van der Waals surface area contributed by atoms with Gasteiger partial charge in [0.15, 0.2) is 0 Å². The van der Waals surface area contributed by atoms with Gasteiger partial charge in [-0.3, -0.25) is 0 Å². The second kappa shape index (κ2) is 5.08. The molecule has 104 valence electrons. The van der Waals surface area contributed by atoms with Crippen molar-refractivity contribution in [2.75, 3.05) is 19.7 Å². The molecule has 1 heterocycles. The van der Waals surface area contributed by atoms with E-state index in [1.807, 2.05) is 25.7 Å². The zero-order valence-electron chi connectivity index (χ0n) is 11.7. The number of amides is 1. The molecule has 0 aromatic carbocycles. The lowest BCUT2D eigenvalue weighted by molar-refractivity contribution is 0.00742. The Hall–Kier alpha value is -0.770. The Labute approximate surface area is 109 Å². The number of rotatable bonds is 1. The first-order valence-corrected chi connectivity index (χ1v) is 6.99. The number of carbonyl (C=O) groups excluding carboxylic acids is 1. The van der Waals surface area contributed by atoms with E-state index in [0.717, 1.165) is 25.9 Å². The zero-order valence-corrected chi connectivity index (χ0v) is 11.7. The van der Waals surface area contributed by atoms with E-state index >= 15 is 0 Å². The average molecular weight is 255 g/mol. The highest BCUT2D eigenvalue weighted by molar-refractivity contribution is 5.68. The van der Waals surface area contributed by atoms with Gasteiger partial charge in [-0.05, 0) is 57.8 Å². The Kier molecular flexibility index (Phi) is 3.85. The molecule has 1 amide bonds. The van der Waals surface area contributed by atoms with Gasteiger partial charge in [0.25, 0.3) is 0 Å². The van der Waals surface area contributed by atoms with E-state index in [4.69, 9.17) is 4.74 Å². The highest BCUT2D eigenvalue weighted by atomic mass is 16.6. The highest BCUT2D eigenvalue weighted by Crippen LogP contribution is 2.42. The normalized spacial score (nSPS) is 32.2. The van der Waals surface area contributed by atoms with Crippen molar-refractivity contribution in [3.05, 3.63) is 0 Å². The van der Waals surface area contributed by atoms with Crippen molar-refractivity contribution in [2.45, 2.75) is 45.6 Å². The van der Waals surface area contributed by atoms with Crippen LogP contribution in [0.15, 0.2) is 0 Å². The number of nitrogens with zero attached hydrogens (tertiary/aromatic N) is 1. The van der Waals surface area contributed by atoms with Gasteiger partial charge < -0.3 is 14.7 Å². The molecule has 0 spiro atoms. The monoisotopic (exact) mass is 255 g/mol. The number of likely N-dealkylation sites (tertiary alicyclic amines) is 1. The minimum Gasteiger partial charge on any atom is -0.444 e. The fourth-order valence-corrected chi connectivity index (χ4v) is 3.28. The third kappa shape index (κ3) is 2.97. The first-order valence-electron chi connectivity index (χ1n) is 6.99. The van der Waals surface area contributed by atoms with Crippen LogP contribution in [0.2, 0.25) is 0 Å². The summed E-state index contributed by atoms with van der Waals surface area (Å²) in [4.78, 5) is 13.9. The SMILES string of the molecule is CC(C)(C)OC(=O)N1CC[C@H]2CC[C@H](CO)[C@H]2C1. The largest absolute Gasteiger partial charge is 0.444 e. The maximum atomic E-state index is 12.0. The predicted octanol–water partition coefficient (Wildman–Crippen LogP) is 2.26. The van der Waals surface area contributed by atoms with Crippen molar-refractivity contribution in [1.29, 1.82) is 0 Å². The van der Waals surface area contributed by atoms with Crippen LogP contribution in [0.25, 0.3) is 0 Å². The average Bonchev–Trinajstić information content (AvgIpc) is 2.68. The predicted molar refractivity (Wildman–Crippen MR) is 69.2 cm³/mol. The second-order valence-electron chi connectivity index (χ2n) is 6.66. The molecule has 4 nitrogen and oxygen atoms in total. The van der Waals surface area contributed by atoms with E-state index < -0.39 is 5.60 Å². The summed E-state index contributed by atoms with van der Waals surface area (Å²) in [7, 11) is 0. The van der Waals surface area contributed by atoms with Crippen molar-refractivity contribution >= 4 is 6.09 Å². The molecule has 0 bridgehead atoms. The summed E-state index contributed by atoms with van der Waals surface area (Å²) in [6.45, 7) is 7.49. The number of piperidine rings is 1. The van der Waals surface area contributed by atoms with Crippen LogP contribution < -0.4 is 0 Å². The Morgan fingerprint density at radius 1 is 1.33 bits per heavy atom. The summed E-state index contributed by atoms with van der Waals surface area (Å²) < 4.78 is 5.42. The summed E-state index contributed by atoms with van der Waals surface area (Å²) in [6.07, 6.45) is 3.16. The molecule has 1 saturated heterocycles. The molecular formula is C14H25NO3. The van der Waals surface area contributed by atoms with E-state index in [0.29, 0.717) is 17.8 Å². The molecule has 1 aliphatic heterocycles. The maximum Gasteiger partial charge on any atom is 0.410 e. The third-order valence-electron chi connectivity index (χ3n) is 4.21. The van der Waals surface area contributed by atoms with E-state index in [1.54, 1.807) is 0 Å². The second-order valence-corrected chi connectivity index (χ2v) is 6.66. The molecule has 1 N–H and O–H groups in total. The summed E-state index contributed by atoms with van der Waals surface area (Å²) in [5.41, 5.74) is -0.431. The van der Waals surface area contributed by atoms with Crippen molar-refractivity contribution < 1.29 is 14.6 Å². The molecule has 0 aromatic rings. The fraction of sp³-hybridized carbons (Fsp3) is 0.929. The van der Waals surface area contributed by atoms with Gasteiger partial charge in [0.05, 0.1) is 0 Å². The van der Waals surface area contributed by atoms with Crippen LogP contribution in [-0.4, -0.2) is 41.4 Å². The van der Waals surface area contributed by atoms with Gasteiger partial charge in [-0.1, -0.05) is 0 Å². The van der Waals surface area contributed by atoms with Crippen LogP contribution >= 0.6 is 0 Å². The Bertz CT molecular complexity index is 305. The first-order chi connectivity index (χ1) is 8.40. The number of fused-ring (bicyclic) bond motifs is 1. The number of ether oxygens (including phenoxy) is 1. The minimum atomic E-state index is -0.431.